The molecule has 0 spiro atoms. The van der Waals surface area contributed by atoms with Gasteiger partial charge in [-0.05, 0) is 26.0 Å². The van der Waals surface area contributed by atoms with Gasteiger partial charge < -0.3 is 14.4 Å². The molecule has 1 aliphatic rings. The Balaban J connectivity index is 2.19. The molecule has 0 aromatic carbocycles. The number of aromatic nitrogens is 1. The van der Waals surface area contributed by atoms with Gasteiger partial charge in [0, 0.05) is 32.0 Å². The van der Waals surface area contributed by atoms with Crippen LogP contribution in [0.2, 0.25) is 0 Å². The van der Waals surface area contributed by atoms with Crippen molar-refractivity contribution in [2.24, 2.45) is 0 Å². The number of rotatable bonds is 3. The van der Waals surface area contributed by atoms with E-state index in [0.29, 0.717) is 25.3 Å². The molecule has 0 bridgehead atoms. The molecular formula is C15H19N3O3. The number of pyridine rings is 1. The van der Waals surface area contributed by atoms with Gasteiger partial charge >= 0.3 is 0 Å². The quantitative estimate of drug-likeness (QED) is 0.836. The number of carbonyl (C=O) groups is 1. The molecule has 1 aromatic rings. The van der Waals surface area contributed by atoms with Gasteiger partial charge in [-0.2, -0.15) is 5.26 Å². The first kappa shape index (κ1) is 15.4. The average molecular weight is 289 g/mol. The van der Waals surface area contributed by atoms with E-state index in [1.54, 1.807) is 18.1 Å². The summed E-state index contributed by atoms with van der Waals surface area (Å²) in [6.45, 7) is 5.30. The van der Waals surface area contributed by atoms with Crippen LogP contribution in [0, 0.1) is 11.3 Å². The fourth-order valence-corrected chi connectivity index (χ4v) is 2.53. The lowest BCUT2D eigenvalue weighted by atomic mass is 10.0. The molecule has 1 amide bonds. The molecular weight excluding hydrogens is 270 g/mol. The van der Waals surface area contributed by atoms with E-state index in [-0.39, 0.29) is 17.7 Å². The van der Waals surface area contributed by atoms with E-state index in [4.69, 9.17) is 14.7 Å². The van der Waals surface area contributed by atoms with E-state index in [9.17, 15) is 4.79 Å². The average Bonchev–Trinajstić information content (AvgIpc) is 2.45. The van der Waals surface area contributed by atoms with Gasteiger partial charge in [-0.25, -0.2) is 4.98 Å². The Morgan fingerprint density at radius 2 is 2.43 bits per heavy atom. The lowest BCUT2D eigenvalue weighted by Gasteiger charge is -2.42. The summed E-state index contributed by atoms with van der Waals surface area (Å²) in [5.41, 5.74) is 0.277. The molecule has 21 heavy (non-hydrogen) atoms. The Hall–Kier alpha value is -1.97. The summed E-state index contributed by atoms with van der Waals surface area (Å²) in [5.74, 6) is -0.119. The highest BCUT2D eigenvalue weighted by Crippen LogP contribution is 2.22. The number of hydrogen-bond donors (Lipinski definition) is 0. The molecule has 6 heteroatoms. The third kappa shape index (κ3) is 3.78. The Kier molecular flexibility index (Phi) is 4.56. The summed E-state index contributed by atoms with van der Waals surface area (Å²) in [5, 5.41) is 8.88. The standard InChI is InChI=1S/C15H19N3O3/c1-15(2)10-18(8-13(21-15)9-20-3)14(19)11-4-5-17-12(6-11)7-16/h4-6,13H,8-10H2,1-3H3. The van der Waals surface area contributed by atoms with Crippen molar-refractivity contribution in [1.29, 1.82) is 5.26 Å². The van der Waals surface area contributed by atoms with Gasteiger partial charge in [0.1, 0.15) is 11.8 Å². The van der Waals surface area contributed by atoms with Crippen LogP contribution < -0.4 is 0 Å². The Labute approximate surface area is 124 Å². The van der Waals surface area contributed by atoms with E-state index in [1.807, 2.05) is 19.9 Å². The van der Waals surface area contributed by atoms with E-state index in [1.165, 1.54) is 12.3 Å². The molecule has 1 atom stereocenters. The first-order valence-electron chi connectivity index (χ1n) is 6.77. The summed E-state index contributed by atoms with van der Waals surface area (Å²) in [6.07, 6.45) is 1.32. The summed E-state index contributed by atoms with van der Waals surface area (Å²) in [6, 6.07) is 5.08. The second-order valence-electron chi connectivity index (χ2n) is 5.68. The monoisotopic (exact) mass is 289 g/mol. The Morgan fingerprint density at radius 1 is 1.67 bits per heavy atom. The van der Waals surface area contributed by atoms with Gasteiger partial charge in [0.2, 0.25) is 0 Å². The Bertz CT molecular complexity index is 566. The fourth-order valence-electron chi connectivity index (χ4n) is 2.53. The maximum absolute atomic E-state index is 12.6. The van der Waals surface area contributed by atoms with Crippen LogP contribution in [0.5, 0.6) is 0 Å². The van der Waals surface area contributed by atoms with Crippen LogP contribution in [0.3, 0.4) is 0 Å². The molecule has 6 nitrogen and oxygen atoms in total. The van der Waals surface area contributed by atoms with Crippen LogP contribution >= 0.6 is 0 Å². The van der Waals surface area contributed by atoms with E-state index in [2.05, 4.69) is 4.98 Å². The first-order valence-corrected chi connectivity index (χ1v) is 6.77. The minimum atomic E-state index is -0.428. The predicted molar refractivity (Wildman–Crippen MR) is 75.7 cm³/mol. The zero-order valence-electron chi connectivity index (χ0n) is 12.5. The van der Waals surface area contributed by atoms with Crippen LogP contribution in [-0.4, -0.2) is 54.3 Å². The maximum atomic E-state index is 12.6. The van der Waals surface area contributed by atoms with Gasteiger partial charge in [-0.1, -0.05) is 0 Å². The molecule has 0 aliphatic carbocycles. The fraction of sp³-hybridized carbons (Fsp3) is 0.533. The largest absolute Gasteiger partial charge is 0.382 e. The number of amides is 1. The van der Waals surface area contributed by atoms with E-state index in [0.717, 1.165) is 0 Å². The summed E-state index contributed by atoms with van der Waals surface area (Å²) < 4.78 is 11.0. The molecule has 0 saturated carbocycles. The molecule has 112 valence electrons. The second-order valence-corrected chi connectivity index (χ2v) is 5.68. The highest BCUT2D eigenvalue weighted by atomic mass is 16.5. The van der Waals surface area contributed by atoms with Crippen LogP contribution in [0.1, 0.15) is 29.9 Å². The highest BCUT2D eigenvalue weighted by molar-refractivity contribution is 5.94. The van der Waals surface area contributed by atoms with E-state index < -0.39 is 5.60 Å². The Morgan fingerprint density at radius 3 is 3.10 bits per heavy atom. The molecule has 1 aliphatic heterocycles. The van der Waals surface area contributed by atoms with Crippen molar-refractivity contribution in [3.8, 4) is 6.07 Å². The van der Waals surface area contributed by atoms with Crippen molar-refractivity contribution in [3.05, 3.63) is 29.6 Å². The minimum Gasteiger partial charge on any atom is -0.382 e. The third-order valence-corrected chi connectivity index (χ3v) is 3.24. The summed E-state index contributed by atoms with van der Waals surface area (Å²) in [4.78, 5) is 18.2. The molecule has 1 aromatic heterocycles. The van der Waals surface area contributed by atoms with E-state index >= 15 is 0 Å². The number of morpholine rings is 1. The topological polar surface area (TPSA) is 75.5 Å². The maximum Gasteiger partial charge on any atom is 0.254 e. The number of hydrogen-bond acceptors (Lipinski definition) is 5. The SMILES string of the molecule is COCC1CN(C(=O)c2ccnc(C#N)c2)CC(C)(C)O1. The number of methoxy groups -OCH3 is 1. The van der Waals surface area contributed by atoms with Gasteiger partial charge in [0.15, 0.2) is 0 Å². The molecule has 2 heterocycles. The zero-order chi connectivity index (χ0) is 15.5. The molecule has 0 N–H and O–H groups in total. The lowest BCUT2D eigenvalue weighted by molar-refractivity contribution is -0.143. The van der Waals surface area contributed by atoms with Gasteiger partial charge in [0.25, 0.3) is 5.91 Å². The lowest BCUT2D eigenvalue weighted by Crippen LogP contribution is -2.55. The normalized spacial score (nSPS) is 20.9. The zero-order valence-corrected chi connectivity index (χ0v) is 12.5. The number of carbonyl (C=O) groups excluding carboxylic acids is 1. The first-order chi connectivity index (χ1) is 9.95. The number of ether oxygens (including phenoxy) is 2. The van der Waals surface area contributed by atoms with Crippen molar-refractivity contribution < 1.29 is 14.3 Å². The van der Waals surface area contributed by atoms with Crippen LogP contribution in [-0.2, 0) is 9.47 Å². The molecule has 1 fully saturated rings. The minimum absolute atomic E-state index is 0.119. The van der Waals surface area contributed by atoms with Crippen LogP contribution in [0.25, 0.3) is 0 Å². The predicted octanol–water partition coefficient (Wildman–Crippen LogP) is 1.22. The van der Waals surface area contributed by atoms with Crippen LogP contribution in [0.15, 0.2) is 18.3 Å². The van der Waals surface area contributed by atoms with Crippen molar-refractivity contribution in [1.82, 2.24) is 9.88 Å². The van der Waals surface area contributed by atoms with Gasteiger partial charge in [-0.3, -0.25) is 4.79 Å². The molecule has 0 radical (unpaired) electrons. The summed E-state index contributed by atoms with van der Waals surface area (Å²) in [7, 11) is 1.61. The smallest absolute Gasteiger partial charge is 0.254 e. The van der Waals surface area contributed by atoms with Crippen molar-refractivity contribution >= 4 is 5.91 Å². The molecule has 1 saturated heterocycles. The second kappa shape index (κ2) is 6.20. The van der Waals surface area contributed by atoms with Crippen molar-refractivity contribution in [2.75, 3.05) is 26.8 Å². The highest BCUT2D eigenvalue weighted by Gasteiger charge is 2.35. The van der Waals surface area contributed by atoms with Crippen molar-refractivity contribution in [2.45, 2.75) is 25.6 Å². The van der Waals surface area contributed by atoms with Crippen LogP contribution in [0.4, 0.5) is 0 Å². The number of nitriles is 1. The molecule has 1 unspecified atom stereocenters. The van der Waals surface area contributed by atoms with Crippen molar-refractivity contribution in [3.63, 3.8) is 0 Å². The van der Waals surface area contributed by atoms with Gasteiger partial charge in [0.05, 0.1) is 18.3 Å². The molecule has 2 rings (SSSR count). The van der Waals surface area contributed by atoms with Gasteiger partial charge in [-0.15, -0.1) is 0 Å². The third-order valence-electron chi connectivity index (χ3n) is 3.24. The number of nitrogens with zero attached hydrogens (tertiary/aromatic N) is 3. The summed E-state index contributed by atoms with van der Waals surface area (Å²) >= 11 is 0.